The molecule has 0 aliphatic carbocycles. The van der Waals surface area contributed by atoms with Gasteiger partial charge in [0.05, 0.1) is 31.5 Å². The Morgan fingerprint density at radius 1 is 1.21 bits per heavy atom. The summed E-state index contributed by atoms with van der Waals surface area (Å²) in [6.07, 6.45) is 0. The molecule has 0 radical (unpaired) electrons. The molecule has 1 rings (SSSR count). The zero-order valence-corrected chi connectivity index (χ0v) is 12.7. The molecule has 0 saturated carbocycles. The molecule has 0 heterocycles. The van der Waals surface area contributed by atoms with E-state index in [1.54, 1.807) is 33.5 Å². The molecule has 2 N–H and O–H groups in total. The second-order valence-corrected chi connectivity index (χ2v) is 4.38. The van der Waals surface area contributed by atoms with E-state index in [1.807, 2.05) is 0 Å². The van der Waals surface area contributed by atoms with Gasteiger partial charge in [-0.15, -0.1) is 0 Å². The number of rotatable bonds is 6. The molecule has 0 unspecified atom stereocenters. The lowest BCUT2D eigenvalue weighted by Gasteiger charge is -2.15. The first-order valence-electron chi connectivity index (χ1n) is 5.57. The summed E-state index contributed by atoms with van der Waals surface area (Å²) >= 11 is 11.2. The number of methoxy groups -OCH3 is 3. The molecule has 106 valence electrons. The second-order valence-electron chi connectivity index (χ2n) is 3.56. The van der Waals surface area contributed by atoms with Crippen LogP contribution in [0.4, 0.5) is 5.69 Å². The van der Waals surface area contributed by atoms with Gasteiger partial charge in [-0.3, -0.25) is 0 Å². The van der Waals surface area contributed by atoms with Crippen LogP contribution < -0.4 is 20.1 Å². The third-order valence-electron chi connectivity index (χ3n) is 2.31. The largest absolute Gasteiger partial charge is 0.495 e. The first-order valence-corrected chi connectivity index (χ1v) is 6.36. The number of hydrogen-bond acceptors (Lipinski definition) is 4. The summed E-state index contributed by atoms with van der Waals surface area (Å²) in [5.41, 5.74) is 0.670. The van der Waals surface area contributed by atoms with Crippen LogP contribution in [0.3, 0.4) is 0 Å². The van der Waals surface area contributed by atoms with Crippen molar-refractivity contribution in [1.82, 2.24) is 5.32 Å². The van der Waals surface area contributed by atoms with Gasteiger partial charge in [0.2, 0.25) is 0 Å². The maximum Gasteiger partial charge on any atom is 0.170 e. The number of benzene rings is 1. The standard InChI is InChI=1S/C12H17ClN2O3S/c1-16-5-4-14-12(19)15-9-6-8(13)10(17-2)7-11(9)18-3/h6-7H,4-5H2,1-3H3,(H2,14,15,19). The molecule has 0 aliphatic rings. The van der Waals surface area contributed by atoms with Crippen molar-refractivity contribution >= 4 is 34.6 Å². The average molecular weight is 305 g/mol. The Balaban J connectivity index is 2.76. The predicted octanol–water partition coefficient (Wildman–Crippen LogP) is 2.29. The summed E-state index contributed by atoms with van der Waals surface area (Å²) in [7, 11) is 4.74. The van der Waals surface area contributed by atoms with E-state index in [2.05, 4.69) is 10.6 Å². The molecule has 5 nitrogen and oxygen atoms in total. The molecule has 0 fully saturated rings. The third kappa shape index (κ3) is 4.74. The van der Waals surface area contributed by atoms with E-state index in [0.717, 1.165) is 0 Å². The number of anilines is 1. The van der Waals surface area contributed by atoms with Crippen molar-refractivity contribution in [2.75, 3.05) is 39.8 Å². The minimum absolute atomic E-state index is 0.469. The summed E-state index contributed by atoms with van der Waals surface area (Å²) in [4.78, 5) is 0. The van der Waals surface area contributed by atoms with Gasteiger partial charge in [0.1, 0.15) is 11.5 Å². The summed E-state index contributed by atoms with van der Waals surface area (Å²) in [6, 6.07) is 3.39. The Morgan fingerprint density at radius 3 is 2.47 bits per heavy atom. The summed E-state index contributed by atoms with van der Waals surface area (Å²) in [5.74, 6) is 1.14. The zero-order valence-electron chi connectivity index (χ0n) is 11.1. The molecule has 0 bridgehead atoms. The fourth-order valence-electron chi connectivity index (χ4n) is 1.39. The van der Waals surface area contributed by atoms with Crippen molar-refractivity contribution in [2.45, 2.75) is 0 Å². The molecule has 1 aromatic rings. The molecule has 0 atom stereocenters. The molecular weight excluding hydrogens is 288 g/mol. The van der Waals surface area contributed by atoms with E-state index in [1.165, 1.54) is 0 Å². The van der Waals surface area contributed by atoms with E-state index in [0.29, 0.717) is 40.5 Å². The average Bonchev–Trinajstić information content (AvgIpc) is 2.39. The van der Waals surface area contributed by atoms with Crippen LogP contribution in [-0.2, 0) is 4.74 Å². The SMILES string of the molecule is COCCNC(=S)Nc1cc(Cl)c(OC)cc1OC. The third-order valence-corrected chi connectivity index (χ3v) is 2.86. The Bertz CT molecular complexity index is 443. The first-order chi connectivity index (χ1) is 9.12. The normalized spacial score (nSPS) is 9.89. The van der Waals surface area contributed by atoms with Crippen molar-refractivity contribution in [3.05, 3.63) is 17.2 Å². The highest BCUT2D eigenvalue weighted by Crippen LogP contribution is 2.35. The summed E-state index contributed by atoms with van der Waals surface area (Å²) in [6.45, 7) is 1.19. The highest BCUT2D eigenvalue weighted by atomic mass is 35.5. The quantitative estimate of drug-likeness (QED) is 0.621. The fraction of sp³-hybridized carbons (Fsp3) is 0.417. The number of hydrogen-bond donors (Lipinski definition) is 2. The van der Waals surface area contributed by atoms with E-state index < -0.39 is 0 Å². The first kappa shape index (κ1) is 15.8. The van der Waals surface area contributed by atoms with Gasteiger partial charge in [-0.25, -0.2) is 0 Å². The molecule has 7 heteroatoms. The van der Waals surface area contributed by atoms with Gasteiger partial charge < -0.3 is 24.8 Å². The van der Waals surface area contributed by atoms with E-state index in [4.69, 9.17) is 38.0 Å². The van der Waals surface area contributed by atoms with Gasteiger partial charge in [0.15, 0.2) is 5.11 Å². The monoisotopic (exact) mass is 304 g/mol. The number of halogens is 1. The lowest BCUT2D eigenvalue weighted by atomic mass is 10.2. The van der Waals surface area contributed by atoms with E-state index in [-0.39, 0.29) is 0 Å². The number of thiocarbonyl (C=S) groups is 1. The molecule has 0 saturated heterocycles. The zero-order chi connectivity index (χ0) is 14.3. The minimum Gasteiger partial charge on any atom is -0.495 e. The smallest absolute Gasteiger partial charge is 0.170 e. The summed E-state index contributed by atoms with van der Waals surface area (Å²) in [5, 5.41) is 6.96. The van der Waals surface area contributed by atoms with Gasteiger partial charge in [0.25, 0.3) is 0 Å². The van der Waals surface area contributed by atoms with Crippen LogP contribution in [0.1, 0.15) is 0 Å². The lowest BCUT2D eigenvalue weighted by molar-refractivity contribution is 0.204. The van der Waals surface area contributed by atoms with Gasteiger partial charge in [0, 0.05) is 19.7 Å². The predicted molar refractivity (Wildman–Crippen MR) is 80.7 cm³/mol. The molecule has 0 aromatic heterocycles. The lowest BCUT2D eigenvalue weighted by Crippen LogP contribution is -2.31. The number of nitrogens with one attached hydrogen (secondary N) is 2. The molecule has 19 heavy (non-hydrogen) atoms. The van der Waals surface area contributed by atoms with Crippen molar-refractivity contribution in [3.8, 4) is 11.5 Å². The molecule has 0 aliphatic heterocycles. The van der Waals surface area contributed by atoms with Crippen molar-refractivity contribution < 1.29 is 14.2 Å². The van der Waals surface area contributed by atoms with Crippen LogP contribution in [0.15, 0.2) is 12.1 Å². The molecule has 0 spiro atoms. The van der Waals surface area contributed by atoms with Gasteiger partial charge in [-0.2, -0.15) is 0 Å². The van der Waals surface area contributed by atoms with Crippen LogP contribution >= 0.6 is 23.8 Å². The van der Waals surface area contributed by atoms with Gasteiger partial charge in [-0.1, -0.05) is 11.6 Å². The fourth-order valence-corrected chi connectivity index (χ4v) is 1.84. The Labute approximate surface area is 123 Å². The van der Waals surface area contributed by atoms with Crippen LogP contribution in [0.5, 0.6) is 11.5 Å². The molecule has 1 aromatic carbocycles. The van der Waals surface area contributed by atoms with Gasteiger partial charge >= 0.3 is 0 Å². The van der Waals surface area contributed by atoms with E-state index >= 15 is 0 Å². The summed E-state index contributed by atoms with van der Waals surface area (Å²) < 4.78 is 15.3. The highest BCUT2D eigenvalue weighted by molar-refractivity contribution is 7.80. The topological polar surface area (TPSA) is 51.8 Å². The van der Waals surface area contributed by atoms with Crippen LogP contribution in [0.25, 0.3) is 0 Å². The second kappa shape index (κ2) is 8.04. The van der Waals surface area contributed by atoms with Crippen molar-refractivity contribution in [3.63, 3.8) is 0 Å². The maximum absolute atomic E-state index is 6.06. The Morgan fingerprint density at radius 2 is 1.89 bits per heavy atom. The minimum atomic E-state index is 0.469. The highest BCUT2D eigenvalue weighted by Gasteiger charge is 2.10. The van der Waals surface area contributed by atoms with Crippen LogP contribution in [-0.4, -0.2) is 39.6 Å². The van der Waals surface area contributed by atoms with Crippen molar-refractivity contribution in [1.29, 1.82) is 0 Å². The maximum atomic E-state index is 6.06. The Hall–Kier alpha value is -1.24. The molecular formula is C12H17ClN2O3S. The Kier molecular flexibility index (Phi) is 6.69. The van der Waals surface area contributed by atoms with Gasteiger partial charge in [-0.05, 0) is 18.3 Å². The number of ether oxygens (including phenoxy) is 3. The van der Waals surface area contributed by atoms with Crippen LogP contribution in [0, 0.1) is 0 Å². The van der Waals surface area contributed by atoms with Crippen molar-refractivity contribution in [2.24, 2.45) is 0 Å². The van der Waals surface area contributed by atoms with Crippen LogP contribution in [0.2, 0.25) is 5.02 Å². The van der Waals surface area contributed by atoms with E-state index in [9.17, 15) is 0 Å². The molecule has 0 amide bonds.